The molecular formula is C18H14F3N3O3. The molecule has 3 rings (SSSR count). The number of nitrogens with one attached hydrogen (secondary N) is 1. The third-order valence-corrected chi connectivity index (χ3v) is 4.67. The zero-order valence-corrected chi connectivity index (χ0v) is 13.8. The average molecular weight is 377 g/mol. The Hall–Kier alpha value is -3.12. The molecule has 6 nitrogen and oxygen atoms in total. The largest absolute Gasteiger partial charge is 0.417 e. The van der Waals surface area contributed by atoms with E-state index in [0.717, 1.165) is 12.1 Å². The summed E-state index contributed by atoms with van der Waals surface area (Å²) in [6.07, 6.45) is 2.36. The number of nitrogens with zero attached hydrogens (tertiary/aromatic N) is 2. The van der Waals surface area contributed by atoms with Gasteiger partial charge in [0.15, 0.2) is 5.54 Å². The first kappa shape index (κ1) is 18.7. The molecule has 0 aromatic heterocycles. The normalized spacial score (nSPS) is 24.9. The number of urea groups is 1. The Morgan fingerprint density at radius 3 is 2.63 bits per heavy atom. The second kappa shape index (κ2) is 6.55. The minimum atomic E-state index is -4.83. The Labute approximate surface area is 152 Å². The standard InChI is InChI=1S/C18H14F3N3O3/c19-18(20,21)14-8-13(7-6-11(14)9-22)24-15(26)17(10-25,23-16(24)27)12-4-2-1-3-5-12/h1-4,6-8,12,25H,5,10H2,(H,23,27)/t12?,17-/m0/s1. The number of alkyl halides is 3. The fraction of sp³-hybridized carbons (Fsp3) is 0.278. The Bertz CT molecular complexity index is 901. The molecule has 0 spiro atoms. The number of carbonyl (C=O) groups excluding carboxylic acids is 2. The van der Waals surface area contributed by atoms with Crippen LogP contribution in [-0.4, -0.2) is 29.2 Å². The highest BCUT2D eigenvalue weighted by Gasteiger charge is 2.55. The summed E-state index contributed by atoms with van der Waals surface area (Å²) in [6.45, 7) is -0.709. The second-order valence-electron chi connectivity index (χ2n) is 6.19. The van der Waals surface area contributed by atoms with Gasteiger partial charge in [-0.1, -0.05) is 24.3 Å². The summed E-state index contributed by atoms with van der Waals surface area (Å²) in [5.41, 5.74) is -3.85. The van der Waals surface area contributed by atoms with E-state index in [1.165, 1.54) is 6.07 Å². The maximum Gasteiger partial charge on any atom is 0.417 e. The number of halogens is 3. The van der Waals surface area contributed by atoms with Crippen LogP contribution in [0, 0.1) is 17.2 Å². The van der Waals surface area contributed by atoms with Crippen molar-refractivity contribution in [2.75, 3.05) is 11.5 Å². The quantitative estimate of drug-likeness (QED) is 0.792. The zero-order valence-electron chi connectivity index (χ0n) is 13.8. The molecule has 2 atom stereocenters. The first-order valence-corrected chi connectivity index (χ1v) is 7.97. The molecule has 1 aromatic rings. The first-order valence-electron chi connectivity index (χ1n) is 7.97. The number of allylic oxidation sites excluding steroid dienone is 3. The fourth-order valence-corrected chi connectivity index (χ4v) is 3.25. The SMILES string of the molecule is N#Cc1ccc(N2C(=O)N[C@@](CO)(C3C=CC=CC3)C2=O)cc1C(F)(F)F. The molecule has 0 bridgehead atoms. The maximum atomic E-state index is 13.2. The molecule has 9 heteroatoms. The van der Waals surface area contributed by atoms with Crippen LogP contribution in [0.15, 0.2) is 42.5 Å². The molecule has 1 unspecified atom stereocenters. The van der Waals surface area contributed by atoms with E-state index in [4.69, 9.17) is 5.26 Å². The van der Waals surface area contributed by atoms with E-state index in [0.29, 0.717) is 17.4 Å². The summed E-state index contributed by atoms with van der Waals surface area (Å²) in [4.78, 5) is 25.9. The van der Waals surface area contributed by atoms with Gasteiger partial charge >= 0.3 is 12.2 Å². The van der Waals surface area contributed by atoms with Gasteiger partial charge in [0.1, 0.15) is 0 Å². The minimum Gasteiger partial charge on any atom is -0.393 e. The lowest BCUT2D eigenvalue weighted by atomic mass is 9.80. The molecule has 27 heavy (non-hydrogen) atoms. The van der Waals surface area contributed by atoms with Gasteiger partial charge in [0.25, 0.3) is 5.91 Å². The molecule has 1 aliphatic carbocycles. The fourth-order valence-electron chi connectivity index (χ4n) is 3.25. The number of aliphatic hydroxyl groups excluding tert-OH is 1. The Morgan fingerprint density at radius 2 is 2.07 bits per heavy atom. The monoisotopic (exact) mass is 377 g/mol. The lowest BCUT2D eigenvalue weighted by Gasteiger charge is -2.32. The van der Waals surface area contributed by atoms with Gasteiger partial charge in [0.05, 0.1) is 29.5 Å². The highest BCUT2D eigenvalue weighted by molar-refractivity contribution is 6.23. The van der Waals surface area contributed by atoms with Crippen LogP contribution in [0.1, 0.15) is 17.5 Å². The number of amides is 3. The van der Waals surface area contributed by atoms with Crippen LogP contribution in [-0.2, 0) is 11.0 Å². The summed E-state index contributed by atoms with van der Waals surface area (Å²) in [6, 6.07) is 3.09. The van der Waals surface area contributed by atoms with Crippen LogP contribution in [0.5, 0.6) is 0 Å². The van der Waals surface area contributed by atoms with E-state index in [2.05, 4.69) is 5.32 Å². The van der Waals surface area contributed by atoms with Gasteiger partial charge in [-0.25, -0.2) is 9.69 Å². The van der Waals surface area contributed by atoms with Crippen molar-refractivity contribution in [1.29, 1.82) is 5.26 Å². The lowest BCUT2D eigenvalue weighted by Crippen LogP contribution is -2.56. The summed E-state index contributed by atoms with van der Waals surface area (Å²) in [7, 11) is 0. The molecule has 1 aromatic carbocycles. The van der Waals surface area contributed by atoms with Gasteiger partial charge in [-0.15, -0.1) is 0 Å². The summed E-state index contributed by atoms with van der Waals surface area (Å²) in [5, 5.41) is 21.1. The molecule has 1 aliphatic heterocycles. The number of imide groups is 1. The molecule has 140 valence electrons. The van der Waals surface area contributed by atoms with Crippen LogP contribution in [0.4, 0.5) is 23.7 Å². The highest BCUT2D eigenvalue weighted by atomic mass is 19.4. The van der Waals surface area contributed by atoms with Crippen molar-refractivity contribution in [2.45, 2.75) is 18.1 Å². The van der Waals surface area contributed by atoms with E-state index in [9.17, 15) is 27.9 Å². The Morgan fingerprint density at radius 1 is 1.33 bits per heavy atom. The molecule has 2 aliphatic rings. The predicted molar refractivity (Wildman–Crippen MR) is 88.4 cm³/mol. The average Bonchev–Trinajstić information content (AvgIpc) is 2.92. The summed E-state index contributed by atoms with van der Waals surface area (Å²) < 4.78 is 39.6. The molecule has 0 saturated carbocycles. The summed E-state index contributed by atoms with van der Waals surface area (Å²) in [5.74, 6) is -1.40. The van der Waals surface area contributed by atoms with Gasteiger partial charge in [-0.2, -0.15) is 18.4 Å². The number of benzene rings is 1. The third kappa shape index (κ3) is 2.98. The number of rotatable bonds is 3. The number of hydrogen-bond donors (Lipinski definition) is 2. The van der Waals surface area contributed by atoms with Crippen LogP contribution < -0.4 is 10.2 Å². The van der Waals surface area contributed by atoms with Crippen molar-refractivity contribution in [3.8, 4) is 6.07 Å². The van der Waals surface area contributed by atoms with Crippen LogP contribution in [0.3, 0.4) is 0 Å². The molecule has 0 radical (unpaired) electrons. The molecule has 1 heterocycles. The van der Waals surface area contributed by atoms with Crippen molar-refractivity contribution in [2.24, 2.45) is 5.92 Å². The van der Waals surface area contributed by atoms with Gasteiger partial charge in [0.2, 0.25) is 0 Å². The highest BCUT2D eigenvalue weighted by Crippen LogP contribution is 2.38. The Kier molecular flexibility index (Phi) is 4.53. The zero-order chi connectivity index (χ0) is 19.8. The summed E-state index contributed by atoms with van der Waals surface area (Å²) >= 11 is 0. The predicted octanol–water partition coefficient (Wildman–Crippen LogP) is 2.50. The number of carbonyl (C=O) groups is 2. The van der Waals surface area contributed by atoms with E-state index in [1.54, 1.807) is 24.3 Å². The number of hydrogen-bond acceptors (Lipinski definition) is 4. The maximum absolute atomic E-state index is 13.2. The van der Waals surface area contributed by atoms with Gasteiger partial charge < -0.3 is 10.4 Å². The van der Waals surface area contributed by atoms with Crippen LogP contribution in [0.2, 0.25) is 0 Å². The molecule has 3 amide bonds. The smallest absolute Gasteiger partial charge is 0.393 e. The van der Waals surface area contributed by atoms with Gasteiger partial charge in [0, 0.05) is 5.92 Å². The van der Waals surface area contributed by atoms with Crippen molar-refractivity contribution >= 4 is 17.6 Å². The lowest BCUT2D eigenvalue weighted by molar-refractivity contribution is -0.137. The number of nitriles is 1. The molecule has 2 N–H and O–H groups in total. The first-order chi connectivity index (χ1) is 12.7. The second-order valence-corrected chi connectivity index (χ2v) is 6.19. The number of aliphatic hydroxyl groups is 1. The van der Waals surface area contributed by atoms with E-state index in [1.807, 2.05) is 0 Å². The topological polar surface area (TPSA) is 93.4 Å². The molecular weight excluding hydrogens is 363 g/mol. The molecule has 1 fully saturated rings. The Balaban J connectivity index is 2.04. The van der Waals surface area contributed by atoms with E-state index in [-0.39, 0.29) is 5.69 Å². The molecule has 1 saturated heterocycles. The van der Waals surface area contributed by atoms with Crippen LogP contribution in [0.25, 0.3) is 0 Å². The van der Waals surface area contributed by atoms with Crippen molar-refractivity contribution in [1.82, 2.24) is 5.32 Å². The van der Waals surface area contributed by atoms with Crippen molar-refractivity contribution in [3.63, 3.8) is 0 Å². The minimum absolute atomic E-state index is 0.325. The van der Waals surface area contributed by atoms with E-state index >= 15 is 0 Å². The number of anilines is 1. The van der Waals surface area contributed by atoms with Crippen molar-refractivity contribution in [3.05, 3.63) is 53.6 Å². The van der Waals surface area contributed by atoms with Crippen LogP contribution >= 0.6 is 0 Å². The van der Waals surface area contributed by atoms with E-state index < -0.39 is 47.3 Å². The van der Waals surface area contributed by atoms with Gasteiger partial charge in [-0.05, 0) is 24.6 Å². The third-order valence-electron chi connectivity index (χ3n) is 4.67. The van der Waals surface area contributed by atoms with Gasteiger partial charge in [-0.3, -0.25) is 4.79 Å². The van der Waals surface area contributed by atoms with Crippen molar-refractivity contribution < 1.29 is 27.9 Å².